The van der Waals surface area contributed by atoms with Crippen LogP contribution in [-0.2, 0) is 23.8 Å². The van der Waals surface area contributed by atoms with E-state index in [-0.39, 0.29) is 31.5 Å². The summed E-state index contributed by atoms with van der Waals surface area (Å²) < 4.78 is 23.3. The van der Waals surface area contributed by atoms with Gasteiger partial charge in [-0.15, -0.1) is 0 Å². The van der Waals surface area contributed by atoms with Crippen molar-refractivity contribution in [1.82, 2.24) is 0 Å². The number of ether oxygens (including phenoxy) is 3. The third kappa shape index (κ3) is 2.36. The molecule has 14 atom stereocenters. The van der Waals surface area contributed by atoms with Crippen LogP contribution in [0.2, 0.25) is 0 Å². The molecule has 1 aromatic rings. The van der Waals surface area contributed by atoms with Gasteiger partial charge in [0.1, 0.15) is 17.8 Å². The Morgan fingerprint density at radius 2 is 1.79 bits per heavy atom. The van der Waals surface area contributed by atoms with E-state index in [2.05, 4.69) is 0 Å². The Balaban J connectivity index is 1.41. The number of carbonyl (C=O) groups is 2. The average molecular weight is 533 g/mol. The maximum Gasteiger partial charge on any atom is 0.302 e. The number of rotatable bonds is 2. The van der Waals surface area contributed by atoms with Gasteiger partial charge in [-0.3, -0.25) is 9.59 Å². The smallest absolute Gasteiger partial charge is 0.302 e. The molecule has 0 unspecified atom stereocenters. The summed E-state index contributed by atoms with van der Waals surface area (Å²) in [6, 6.07) is 1.84. The van der Waals surface area contributed by atoms with Crippen LogP contribution in [0, 0.1) is 33.5 Å². The molecule has 10 heteroatoms. The summed E-state index contributed by atoms with van der Waals surface area (Å²) >= 11 is 0. The van der Waals surface area contributed by atoms with E-state index < -0.39 is 81.6 Å². The zero-order valence-electron chi connectivity index (χ0n) is 22.0. The number of esters is 1. The molecule has 0 radical (unpaired) electrons. The third-order valence-corrected chi connectivity index (χ3v) is 12.3. The van der Waals surface area contributed by atoms with E-state index in [0.717, 1.165) is 5.56 Å². The monoisotopic (exact) mass is 532 g/mol. The highest BCUT2D eigenvalue weighted by Gasteiger charge is 2.92. The number of Topliss-reactive ketones (excluding diaryl/α,β-unsaturated/α-hetero) is 1. The number of carbonyl (C=O) groups excluding carboxylic acids is 2. The van der Waals surface area contributed by atoms with Gasteiger partial charge >= 0.3 is 5.97 Å². The number of hydrogen-bond acceptors (Lipinski definition) is 10. The third-order valence-electron chi connectivity index (χ3n) is 12.3. The van der Waals surface area contributed by atoms with Crippen LogP contribution in [-0.4, -0.2) is 81.2 Å². The lowest BCUT2D eigenvalue weighted by molar-refractivity contribution is -0.373. The lowest BCUT2D eigenvalue weighted by atomic mass is 9.33. The van der Waals surface area contributed by atoms with Crippen molar-refractivity contribution in [3.63, 3.8) is 0 Å². The number of fused-ring (bicyclic) bond motifs is 1. The fraction of sp³-hybridized carbons (Fsp3) is 0.786. The average Bonchev–Trinajstić information content (AvgIpc) is 3.22. The maximum absolute atomic E-state index is 14.5. The highest BCUT2D eigenvalue weighted by atomic mass is 16.6. The van der Waals surface area contributed by atoms with Crippen LogP contribution in [0.3, 0.4) is 0 Å². The molecule has 2 aliphatic heterocycles. The highest BCUT2D eigenvalue weighted by molar-refractivity contribution is 5.91. The highest BCUT2D eigenvalue weighted by Crippen LogP contribution is 2.82. The van der Waals surface area contributed by atoms with Crippen molar-refractivity contribution in [2.24, 2.45) is 33.5 Å². The number of ketones is 1. The predicted octanol–water partition coefficient (Wildman–Crippen LogP) is 0.895. The first kappa shape index (κ1) is 25.2. The second kappa shape index (κ2) is 7.27. The number of aliphatic hydroxyl groups is 4. The van der Waals surface area contributed by atoms with E-state index in [1.54, 1.807) is 19.5 Å². The van der Waals surface area contributed by atoms with E-state index in [9.17, 15) is 30.0 Å². The Bertz CT molecular complexity index is 1200. The van der Waals surface area contributed by atoms with Gasteiger partial charge < -0.3 is 39.1 Å². The summed E-state index contributed by atoms with van der Waals surface area (Å²) in [4.78, 5) is 26.5. The molecule has 38 heavy (non-hydrogen) atoms. The van der Waals surface area contributed by atoms with Gasteiger partial charge in [0, 0.05) is 41.4 Å². The van der Waals surface area contributed by atoms with Crippen molar-refractivity contribution in [2.75, 3.05) is 6.61 Å². The summed E-state index contributed by atoms with van der Waals surface area (Å²) in [5.74, 6) is -2.88. The minimum atomic E-state index is -1.43. The summed E-state index contributed by atoms with van der Waals surface area (Å²) in [6.07, 6.45) is -2.21. The van der Waals surface area contributed by atoms with E-state index in [4.69, 9.17) is 18.6 Å². The Labute approximate surface area is 220 Å². The molecule has 10 nitrogen and oxygen atoms in total. The summed E-state index contributed by atoms with van der Waals surface area (Å²) in [6.45, 7) is 6.61. The Hall–Kier alpha value is -1.82. The lowest BCUT2D eigenvalue weighted by Crippen LogP contribution is -2.82. The van der Waals surface area contributed by atoms with Gasteiger partial charge in [-0.1, -0.05) is 20.8 Å². The van der Waals surface area contributed by atoms with Crippen LogP contribution in [0.1, 0.15) is 58.4 Å². The van der Waals surface area contributed by atoms with E-state index in [1.165, 1.54) is 6.92 Å². The Morgan fingerprint density at radius 1 is 1.05 bits per heavy atom. The molecule has 0 amide bonds. The lowest BCUT2D eigenvalue weighted by Gasteiger charge is -2.72. The van der Waals surface area contributed by atoms with Gasteiger partial charge in [0.05, 0.1) is 42.9 Å². The molecule has 2 bridgehead atoms. The fourth-order valence-electron chi connectivity index (χ4n) is 10.7. The van der Waals surface area contributed by atoms with Gasteiger partial charge in [0.15, 0.2) is 12.1 Å². The molecular formula is C28H36O10. The summed E-state index contributed by atoms with van der Waals surface area (Å²) in [5.41, 5.74) is -4.74. The first-order valence-electron chi connectivity index (χ1n) is 13.6. The quantitative estimate of drug-likeness (QED) is 0.318. The molecule has 7 rings (SSSR count). The molecule has 0 aromatic carbocycles. The second-order valence-corrected chi connectivity index (χ2v) is 13.3. The molecule has 6 fully saturated rings. The minimum Gasteiger partial charge on any atom is -0.472 e. The zero-order valence-corrected chi connectivity index (χ0v) is 22.0. The molecule has 6 aliphatic rings. The van der Waals surface area contributed by atoms with E-state index >= 15 is 0 Å². The predicted molar refractivity (Wildman–Crippen MR) is 127 cm³/mol. The Kier molecular flexibility index (Phi) is 4.82. The molecule has 4 saturated carbocycles. The van der Waals surface area contributed by atoms with E-state index in [0.29, 0.717) is 6.42 Å². The van der Waals surface area contributed by atoms with Crippen molar-refractivity contribution in [3.05, 3.63) is 24.2 Å². The van der Waals surface area contributed by atoms with Crippen molar-refractivity contribution < 1.29 is 48.6 Å². The minimum absolute atomic E-state index is 0.00521. The molecule has 1 aromatic heterocycles. The summed E-state index contributed by atoms with van der Waals surface area (Å²) in [5, 5.41) is 46.8. The van der Waals surface area contributed by atoms with Gasteiger partial charge in [-0.05, 0) is 30.4 Å². The maximum atomic E-state index is 14.5. The standard InChI is InChI=1S/C28H36O10/c1-12(29)37-18-9-17(31)27-11-36-23(34)24(18,2)15(27)8-16(30)26(4)21(27)20(32)22(33)25(3)14(13-5-6-35-10-13)7-19-28(25,26)38-19/h5-6,10,14-19,21-23,30-31,33-34H,7-9,11H2,1-4H3/t14-,15-,16+,17-,18+,19+,21-,22-,23-,24+,25+,26+,27+,28+/m0/s1. The summed E-state index contributed by atoms with van der Waals surface area (Å²) in [7, 11) is 0. The van der Waals surface area contributed by atoms with Gasteiger partial charge in [0.25, 0.3) is 0 Å². The number of hydrogen-bond donors (Lipinski definition) is 4. The molecule has 4 aliphatic carbocycles. The van der Waals surface area contributed by atoms with Gasteiger partial charge in [-0.25, -0.2) is 0 Å². The Morgan fingerprint density at radius 3 is 2.45 bits per heavy atom. The van der Waals surface area contributed by atoms with Crippen molar-refractivity contribution >= 4 is 11.8 Å². The second-order valence-electron chi connectivity index (χ2n) is 13.3. The van der Waals surface area contributed by atoms with Crippen LogP contribution in [0.4, 0.5) is 0 Å². The first-order valence-corrected chi connectivity index (χ1v) is 13.6. The number of furan rings is 1. The zero-order chi connectivity index (χ0) is 27.2. The number of aliphatic hydroxyl groups excluding tert-OH is 4. The van der Waals surface area contributed by atoms with Crippen molar-refractivity contribution in [3.8, 4) is 0 Å². The topological polar surface area (TPSA) is 159 Å². The molecule has 4 N–H and O–H groups in total. The SMILES string of the molecule is CC(=O)O[C@@H]1C[C@H](O)[C@@]23CO[C@H](O)[C@]1(C)[C@@H]2C[C@@H](O)[C@]1(C)[C@@H]3C(=O)[C@H](O)[C@@]2(C)[C@H](c3ccoc3)C[C@H]3O[C@]321. The molecule has 3 heterocycles. The van der Waals surface area contributed by atoms with E-state index in [1.807, 2.05) is 19.9 Å². The van der Waals surface area contributed by atoms with Gasteiger partial charge in [0.2, 0.25) is 0 Å². The first-order chi connectivity index (χ1) is 17.8. The fourth-order valence-corrected chi connectivity index (χ4v) is 10.7. The van der Waals surface area contributed by atoms with Crippen LogP contribution >= 0.6 is 0 Å². The van der Waals surface area contributed by atoms with Crippen molar-refractivity contribution in [2.45, 2.75) is 95.3 Å². The van der Waals surface area contributed by atoms with Crippen LogP contribution in [0.5, 0.6) is 0 Å². The normalized spacial score (nSPS) is 58.3. The molecule has 2 saturated heterocycles. The number of epoxide rings is 1. The molecular weight excluding hydrogens is 496 g/mol. The van der Waals surface area contributed by atoms with Crippen molar-refractivity contribution in [1.29, 1.82) is 0 Å². The van der Waals surface area contributed by atoms with Crippen LogP contribution in [0.15, 0.2) is 23.0 Å². The molecule has 1 spiro atoms. The largest absolute Gasteiger partial charge is 0.472 e. The van der Waals surface area contributed by atoms with Crippen LogP contribution in [0.25, 0.3) is 0 Å². The van der Waals surface area contributed by atoms with Crippen LogP contribution < -0.4 is 0 Å². The van der Waals surface area contributed by atoms with Gasteiger partial charge in [-0.2, -0.15) is 0 Å². The molecule has 208 valence electrons.